The molecular formula is C12H20N6O2. The molecule has 1 aliphatic heterocycles. The topological polar surface area (TPSA) is 96.5 Å². The Morgan fingerprint density at radius 1 is 1.30 bits per heavy atom. The molecule has 3 N–H and O–H groups in total. The number of nitrogen functional groups attached to an aromatic ring is 1. The van der Waals surface area contributed by atoms with Crippen molar-refractivity contribution in [3.8, 4) is 0 Å². The fraction of sp³-hybridized carbons (Fsp3) is 0.583. The lowest BCUT2D eigenvalue weighted by atomic mass is 10.3. The Labute approximate surface area is 117 Å². The number of nitrogens with zero attached hydrogens (tertiary/aromatic N) is 4. The number of rotatable bonds is 3. The summed E-state index contributed by atoms with van der Waals surface area (Å²) in [7, 11) is 0. The number of carbonyl (C=O) groups is 2. The van der Waals surface area contributed by atoms with Crippen LogP contribution in [-0.4, -0.2) is 64.2 Å². The molecule has 0 bridgehead atoms. The average Bonchev–Trinajstić information content (AvgIpc) is 2.84. The van der Waals surface area contributed by atoms with Gasteiger partial charge in [-0.15, -0.1) is 0 Å². The third-order valence-electron chi connectivity index (χ3n) is 3.21. The van der Waals surface area contributed by atoms with E-state index in [1.165, 1.54) is 4.68 Å². The van der Waals surface area contributed by atoms with Gasteiger partial charge in [0.15, 0.2) is 0 Å². The molecule has 0 saturated carbocycles. The van der Waals surface area contributed by atoms with Crippen molar-refractivity contribution in [1.29, 1.82) is 0 Å². The minimum absolute atomic E-state index is 0.0105. The molecule has 1 aromatic heterocycles. The molecule has 110 valence electrons. The van der Waals surface area contributed by atoms with Gasteiger partial charge in [-0.3, -0.25) is 9.48 Å². The fourth-order valence-electron chi connectivity index (χ4n) is 2.13. The van der Waals surface area contributed by atoms with Crippen LogP contribution < -0.4 is 11.1 Å². The maximum absolute atomic E-state index is 12.1. The van der Waals surface area contributed by atoms with Gasteiger partial charge in [-0.2, -0.15) is 5.10 Å². The number of piperazine rings is 1. The van der Waals surface area contributed by atoms with Crippen LogP contribution in [-0.2, 0) is 11.3 Å². The minimum Gasteiger partial charge on any atom is -0.382 e. The quantitative estimate of drug-likeness (QED) is 0.768. The van der Waals surface area contributed by atoms with E-state index in [4.69, 9.17) is 5.73 Å². The second-order valence-corrected chi connectivity index (χ2v) is 4.64. The summed E-state index contributed by atoms with van der Waals surface area (Å²) in [5.74, 6) is 0.391. The van der Waals surface area contributed by atoms with Crippen LogP contribution in [0.25, 0.3) is 0 Å². The van der Waals surface area contributed by atoms with Gasteiger partial charge in [0.2, 0.25) is 5.91 Å². The molecule has 0 radical (unpaired) electrons. The number of nitrogens with two attached hydrogens (primary N) is 1. The maximum atomic E-state index is 12.1. The summed E-state index contributed by atoms with van der Waals surface area (Å²) in [5.41, 5.74) is 5.50. The summed E-state index contributed by atoms with van der Waals surface area (Å²) in [5, 5.41) is 6.74. The van der Waals surface area contributed by atoms with E-state index in [1.807, 2.05) is 6.92 Å². The molecule has 2 rings (SSSR count). The number of hydrogen-bond acceptors (Lipinski definition) is 4. The summed E-state index contributed by atoms with van der Waals surface area (Å²) >= 11 is 0. The van der Waals surface area contributed by atoms with E-state index < -0.39 is 0 Å². The predicted molar refractivity (Wildman–Crippen MR) is 73.9 cm³/mol. The van der Waals surface area contributed by atoms with Crippen molar-refractivity contribution in [2.45, 2.75) is 13.5 Å². The first-order valence-corrected chi connectivity index (χ1v) is 6.69. The second kappa shape index (κ2) is 6.27. The first kappa shape index (κ1) is 14.2. The molecule has 3 amide bonds. The third kappa shape index (κ3) is 3.40. The second-order valence-electron chi connectivity index (χ2n) is 4.64. The van der Waals surface area contributed by atoms with Crippen molar-refractivity contribution in [3.63, 3.8) is 0 Å². The van der Waals surface area contributed by atoms with Gasteiger partial charge < -0.3 is 20.9 Å². The third-order valence-corrected chi connectivity index (χ3v) is 3.21. The number of aromatic nitrogens is 2. The zero-order valence-electron chi connectivity index (χ0n) is 11.6. The Morgan fingerprint density at radius 2 is 1.95 bits per heavy atom. The van der Waals surface area contributed by atoms with Gasteiger partial charge in [0.1, 0.15) is 12.4 Å². The largest absolute Gasteiger partial charge is 0.382 e. The van der Waals surface area contributed by atoms with Crippen LogP contribution in [0.3, 0.4) is 0 Å². The van der Waals surface area contributed by atoms with Gasteiger partial charge in [0, 0.05) is 38.9 Å². The van der Waals surface area contributed by atoms with Crippen LogP contribution >= 0.6 is 0 Å². The van der Waals surface area contributed by atoms with E-state index >= 15 is 0 Å². The number of anilines is 1. The van der Waals surface area contributed by atoms with E-state index in [9.17, 15) is 9.59 Å². The molecule has 0 aromatic carbocycles. The summed E-state index contributed by atoms with van der Waals surface area (Å²) in [6.07, 6.45) is 1.68. The smallest absolute Gasteiger partial charge is 0.317 e. The molecule has 1 aromatic rings. The van der Waals surface area contributed by atoms with Crippen molar-refractivity contribution in [3.05, 3.63) is 12.3 Å². The Hall–Kier alpha value is -2.25. The van der Waals surface area contributed by atoms with Gasteiger partial charge in [0.05, 0.1) is 0 Å². The van der Waals surface area contributed by atoms with Crippen LogP contribution in [0.4, 0.5) is 10.6 Å². The normalized spacial score (nSPS) is 15.2. The van der Waals surface area contributed by atoms with Crippen LogP contribution in [0.15, 0.2) is 12.3 Å². The highest BCUT2D eigenvalue weighted by Gasteiger charge is 2.23. The maximum Gasteiger partial charge on any atom is 0.317 e. The minimum atomic E-state index is -0.0700. The Morgan fingerprint density at radius 3 is 2.50 bits per heavy atom. The number of amides is 3. The lowest BCUT2D eigenvalue weighted by molar-refractivity contribution is -0.133. The molecule has 20 heavy (non-hydrogen) atoms. The standard InChI is InChI=1S/C12H20N6O2/c1-2-14-12(20)17-7-5-16(6-8-17)11(19)9-18-4-3-10(13)15-18/h3-4H,2,5-9H2,1H3,(H2,13,15)(H,14,20). The lowest BCUT2D eigenvalue weighted by Gasteiger charge is -2.34. The molecule has 1 aliphatic rings. The average molecular weight is 280 g/mol. The molecule has 1 fully saturated rings. The van der Waals surface area contributed by atoms with E-state index in [0.717, 1.165) is 0 Å². The van der Waals surface area contributed by atoms with Gasteiger partial charge in [-0.05, 0) is 13.0 Å². The first-order valence-electron chi connectivity index (χ1n) is 6.69. The van der Waals surface area contributed by atoms with Gasteiger partial charge in [-0.1, -0.05) is 0 Å². The highest BCUT2D eigenvalue weighted by Crippen LogP contribution is 2.04. The predicted octanol–water partition coefficient (Wildman–Crippen LogP) is -0.661. The Balaban J connectivity index is 1.81. The van der Waals surface area contributed by atoms with Crippen molar-refractivity contribution in [2.75, 3.05) is 38.5 Å². The highest BCUT2D eigenvalue weighted by molar-refractivity contribution is 5.77. The SMILES string of the molecule is CCNC(=O)N1CCN(C(=O)Cn2ccc(N)n2)CC1. The zero-order valence-corrected chi connectivity index (χ0v) is 11.6. The van der Waals surface area contributed by atoms with Gasteiger partial charge in [-0.25, -0.2) is 4.79 Å². The molecule has 1 saturated heterocycles. The van der Waals surface area contributed by atoms with Crippen LogP contribution in [0.2, 0.25) is 0 Å². The molecule has 8 heteroatoms. The molecule has 2 heterocycles. The van der Waals surface area contributed by atoms with E-state index in [2.05, 4.69) is 10.4 Å². The van der Waals surface area contributed by atoms with Gasteiger partial charge >= 0.3 is 6.03 Å². The number of nitrogens with one attached hydrogen (secondary N) is 1. The van der Waals surface area contributed by atoms with Crippen molar-refractivity contribution in [1.82, 2.24) is 24.9 Å². The van der Waals surface area contributed by atoms with E-state index in [0.29, 0.717) is 38.5 Å². The molecule has 0 aliphatic carbocycles. The molecule has 0 atom stereocenters. The zero-order chi connectivity index (χ0) is 14.5. The lowest BCUT2D eigenvalue weighted by Crippen LogP contribution is -2.53. The number of carbonyl (C=O) groups excluding carboxylic acids is 2. The van der Waals surface area contributed by atoms with Crippen molar-refractivity contribution in [2.24, 2.45) is 0 Å². The fourth-order valence-corrected chi connectivity index (χ4v) is 2.13. The van der Waals surface area contributed by atoms with Crippen LogP contribution in [0, 0.1) is 0 Å². The molecule has 8 nitrogen and oxygen atoms in total. The molecule has 0 spiro atoms. The summed E-state index contributed by atoms with van der Waals surface area (Å²) in [6.45, 7) is 4.88. The summed E-state index contributed by atoms with van der Waals surface area (Å²) in [6, 6.07) is 1.58. The van der Waals surface area contributed by atoms with E-state index in [-0.39, 0.29) is 18.5 Å². The summed E-state index contributed by atoms with van der Waals surface area (Å²) < 4.78 is 1.52. The van der Waals surface area contributed by atoms with Crippen molar-refractivity contribution < 1.29 is 9.59 Å². The summed E-state index contributed by atoms with van der Waals surface area (Å²) in [4.78, 5) is 27.2. The van der Waals surface area contributed by atoms with Crippen molar-refractivity contribution >= 4 is 17.8 Å². The molecular weight excluding hydrogens is 260 g/mol. The number of hydrogen-bond donors (Lipinski definition) is 2. The van der Waals surface area contributed by atoms with Crippen LogP contribution in [0.5, 0.6) is 0 Å². The van der Waals surface area contributed by atoms with Crippen LogP contribution in [0.1, 0.15) is 6.92 Å². The number of urea groups is 1. The monoisotopic (exact) mass is 280 g/mol. The Bertz CT molecular complexity index is 478. The first-order chi connectivity index (χ1) is 9.60. The molecule has 0 unspecified atom stereocenters. The van der Waals surface area contributed by atoms with Gasteiger partial charge in [0.25, 0.3) is 0 Å². The highest BCUT2D eigenvalue weighted by atomic mass is 16.2. The van der Waals surface area contributed by atoms with E-state index in [1.54, 1.807) is 22.1 Å². The Kier molecular flexibility index (Phi) is 4.44.